The first kappa shape index (κ1) is 19.4. The Bertz CT molecular complexity index is 1320. The number of nitrogens with zero attached hydrogens (tertiary/aromatic N) is 4. The van der Waals surface area contributed by atoms with Gasteiger partial charge in [0.05, 0.1) is 30.8 Å². The van der Waals surface area contributed by atoms with Gasteiger partial charge in [0, 0.05) is 30.6 Å². The number of rotatable bonds is 4. The molecule has 0 atom stereocenters. The zero-order valence-electron chi connectivity index (χ0n) is 17.9. The van der Waals surface area contributed by atoms with Crippen LogP contribution in [0.25, 0.3) is 21.9 Å². The predicted molar refractivity (Wildman–Crippen MR) is 120 cm³/mol. The largest absolute Gasteiger partial charge is 0.493 e. The minimum absolute atomic E-state index is 0.0385. The summed E-state index contributed by atoms with van der Waals surface area (Å²) < 4.78 is 12.8. The van der Waals surface area contributed by atoms with Crippen molar-refractivity contribution in [2.24, 2.45) is 0 Å². The molecule has 0 saturated carbocycles. The van der Waals surface area contributed by atoms with E-state index in [9.17, 15) is 4.79 Å². The number of H-pyrrole nitrogens is 1. The van der Waals surface area contributed by atoms with Crippen LogP contribution in [-0.2, 0) is 0 Å². The molecule has 0 unspecified atom stereocenters. The van der Waals surface area contributed by atoms with Crippen molar-refractivity contribution in [2.45, 2.75) is 25.8 Å². The summed E-state index contributed by atoms with van der Waals surface area (Å²) in [6, 6.07) is 10.1. The van der Waals surface area contributed by atoms with Gasteiger partial charge in [-0.25, -0.2) is 14.8 Å². The molecule has 1 aliphatic rings. The maximum Gasteiger partial charge on any atom is 0.326 e. The van der Waals surface area contributed by atoms with E-state index in [-0.39, 0.29) is 11.7 Å². The molecule has 0 bridgehead atoms. The van der Waals surface area contributed by atoms with Gasteiger partial charge >= 0.3 is 5.69 Å². The quantitative estimate of drug-likeness (QED) is 0.545. The Morgan fingerprint density at radius 2 is 1.77 bits per heavy atom. The second-order valence-electron chi connectivity index (χ2n) is 7.96. The van der Waals surface area contributed by atoms with Crippen LogP contribution in [0.1, 0.15) is 24.4 Å². The van der Waals surface area contributed by atoms with Gasteiger partial charge in [-0.3, -0.25) is 4.57 Å². The van der Waals surface area contributed by atoms with Crippen molar-refractivity contribution in [1.29, 1.82) is 0 Å². The average molecular weight is 419 g/mol. The molecule has 1 saturated heterocycles. The first-order valence-corrected chi connectivity index (χ1v) is 10.4. The molecule has 4 aromatic rings. The van der Waals surface area contributed by atoms with Crippen molar-refractivity contribution in [2.75, 3.05) is 32.2 Å². The number of anilines is 1. The van der Waals surface area contributed by atoms with Gasteiger partial charge in [0.25, 0.3) is 0 Å². The number of fused-ring (bicyclic) bond motifs is 2. The summed E-state index contributed by atoms with van der Waals surface area (Å²) in [5.41, 5.74) is 3.78. The average Bonchev–Trinajstić information content (AvgIpc) is 3.12. The third-order valence-corrected chi connectivity index (χ3v) is 6.12. The maximum atomic E-state index is 12.7. The molecule has 5 rings (SSSR count). The number of nitrogens with one attached hydrogen (secondary N) is 1. The third-order valence-electron chi connectivity index (χ3n) is 6.12. The van der Waals surface area contributed by atoms with Crippen LogP contribution in [-0.4, -0.2) is 46.8 Å². The number of hydrogen-bond acceptors (Lipinski definition) is 6. The fraction of sp³-hybridized carbons (Fsp3) is 0.348. The van der Waals surface area contributed by atoms with E-state index in [2.05, 4.69) is 25.9 Å². The van der Waals surface area contributed by atoms with Gasteiger partial charge in [0.15, 0.2) is 11.5 Å². The lowest BCUT2D eigenvalue weighted by molar-refractivity contribution is 0.355. The lowest BCUT2D eigenvalue weighted by Crippen LogP contribution is -2.37. The van der Waals surface area contributed by atoms with E-state index < -0.39 is 0 Å². The van der Waals surface area contributed by atoms with Gasteiger partial charge < -0.3 is 19.4 Å². The Labute approximate surface area is 179 Å². The van der Waals surface area contributed by atoms with Gasteiger partial charge in [0.2, 0.25) is 0 Å². The highest BCUT2D eigenvalue weighted by molar-refractivity contribution is 5.92. The van der Waals surface area contributed by atoms with Crippen molar-refractivity contribution in [3.05, 3.63) is 52.7 Å². The van der Waals surface area contributed by atoms with Crippen molar-refractivity contribution >= 4 is 27.8 Å². The number of methoxy groups -OCH3 is 2. The minimum atomic E-state index is -0.0385. The fourth-order valence-electron chi connectivity index (χ4n) is 4.56. The van der Waals surface area contributed by atoms with Crippen molar-refractivity contribution in [3.8, 4) is 11.5 Å². The third kappa shape index (κ3) is 3.28. The van der Waals surface area contributed by atoms with Crippen LogP contribution in [0.2, 0.25) is 0 Å². The second-order valence-corrected chi connectivity index (χ2v) is 7.96. The molecule has 8 nitrogen and oxygen atoms in total. The molecular weight excluding hydrogens is 394 g/mol. The number of piperidine rings is 1. The van der Waals surface area contributed by atoms with E-state index in [1.54, 1.807) is 20.5 Å². The van der Waals surface area contributed by atoms with Gasteiger partial charge in [-0.05, 0) is 43.5 Å². The predicted octanol–water partition coefficient (Wildman–Crippen LogP) is 3.44. The molecule has 1 N–H and O–H groups in total. The summed E-state index contributed by atoms with van der Waals surface area (Å²) >= 11 is 0. The number of imidazole rings is 1. The van der Waals surface area contributed by atoms with Crippen LogP contribution in [0.3, 0.4) is 0 Å². The van der Waals surface area contributed by atoms with Crippen LogP contribution in [0.4, 0.5) is 5.82 Å². The molecule has 0 spiro atoms. The standard InChI is InChI=1S/C23H25N5O3/c1-14-4-5-19-18(10-14)26-23(29)28(19)15-6-8-27(9-7-15)22-16-11-20(30-2)21(31-3)12-17(16)24-13-25-22/h4-5,10-13,15H,6-9H2,1-3H3,(H,26,29). The summed E-state index contributed by atoms with van der Waals surface area (Å²) in [6.07, 6.45) is 3.31. The molecule has 8 heteroatoms. The zero-order valence-corrected chi connectivity index (χ0v) is 17.9. The Balaban J connectivity index is 1.44. The molecule has 1 aliphatic heterocycles. The van der Waals surface area contributed by atoms with Gasteiger partial charge in [0.1, 0.15) is 12.1 Å². The molecule has 1 fully saturated rings. The highest BCUT2D eigenvalue weighted by Gasteiger charge is 2.25. The molecular formula is C23H25N5O3. The number of benzene rings is 2. The van der Waals surface area contributed by atoms with E-state index in [4.69, 9.17) is 9.47 Å². The monoisotopic (exact) mass is 419 g/mol. The molecule has 3 heterocycles. The molecule has 160 valence electrons. The zero-order chi connectivity index (χ0) is 21.5. The summed E-state index contributed by atoms with van der Waals surface area (Å²) in [5, 5.41) is 0.929. The lowest BCUT2D eigenvalue weighted by Gasteiger charge is -2.33. The van der Waals surface area contributed by atoms with E-state index >= 15 is 0 Å². The first-order chi connectivity index (χ1) is 15.1. The van der Waals surface area contributed by atoms with Crippen LogP contribution in [0.5, 0.6) is 11.5 Å². The summed E-state index contributed by atoms with van der Waals surface area (Å²) in [7, 11) is 3.24. The molecule has 2 aromatic heterocycles. The van der Waals surface area contributed by atoms with E-state index in [1.165, 1.54) is 0 Å². The Morgan fingerprint density at radius 1 is 1.03 bits per heavy atom. The van der Waals surface area contributed by atoms with Crippen LogP contribution < -0.4 is 20.1 Å². The number of ether oxygens (including phenoxy) is 2. The number of aryl methyl sites for hydroxylation is 1. The lowest BCUT2D eigenvalue weighted by atomic mass is 10.0. The number of hydrogen-bond donors (Lipinski definition) is 1. The van der Waals surface area contributed by atoms with Gasteiger partial charge in [-0.15, -0.1) is 0 Å². The molecule has 2 aromatic carbocycles. The topological polar surface area (TPSA) is 85.3 Å². The number of aromatic nitrogens is 4. The van der Waals surface area contributed by atoms with Crippen LogP contribution in [0, 0.1) is 6.92 Å². The van der Waals surface area contributed by atoms with Crippen molar-refractivity contribution in [1.82, 2.24) is 19.5 Å². The highest BCUT2D eigenvalue weighted by Crippen LogP contribution is 2.36. The Morgan fingerprint density at radius 3 is 2.52 bits per heavy atom. The van der Waals surface area contributed by atoms with Gasteiger partial charge in [-0.1, -0.05) is 6.07 Å². The van der Waals surface area contributed by atoms with Gasteiger partial charge in [-0.2, -0.15) is 0 Å². The summed E-state index contributed by atoms with van der Waals surface area (Å²) in [5.74, 6) is 2.18. The molecule has 0 radical (unpaired) electrons. The van der Waals surface area contributed by atoms with Crippen LogP contribution in [0.15, 0.2) is 41.5 Å². The molecule has 31 heavy (non-hydrogen) atoms. The fourth-order valence-corrected chi connectivity index (χ4v) is 4.56. The Kier molecular flexibility index (Phi) is 4.77. The van der Waals surface area contributed by atoms with Crippen LogP contribution >= 0.6 is 0 Å². The highest BCUT2D eigenvalue weighted by atomic mass is 16.5. The summed E-state index contributed by atoms with van der Waals surface area (Å²) in [6.45, 7) is 3.64. The normalized spacial score (nSPS) is 15.0. The van der Waals surface area contributed by atoms with E-state index in [1.807, 2.05) is 35.8 Å². The van der Waals surface area contributed by atoms with E-state index in [0.29, 0.717) is 11.5 Å². The maximum absolute atomic E-state index is 12.7. The number of aromatic amines is 1. The first-order valence-electron chi connectivity index (χ1n) is 10.4. The second kappa shape index (κ2) is 7.61. The molecule has 0 amide bonds. The van der Waals surface area contributed by atoms with Crippen molar-refractivity contribution in [3.63, 3.8) is 0 Å². The SMILES string of the molecule is COc1cc2ncnc(N3CCC(n4c(=O)[nH]c5cc(C)ccc54)CC3)c2cc1OC. The van der Waals surface area contributed by atoms with Crippen molar-refractivity contribution < 1.29 is 9.47 Å². The molecule has 0 aliphatic carbocycles. The van der Waals surface area contributed by atoms with E-state index in [0.717, 1.165) is 59.2 Å². The summed E-state index contributed by atoms with van der Waals surface area (Å²) in [4.78, 5) is 26.9. The Hall–Kier alpha value is -3.55. The smallest absolute Gasteiger partial charge is 0.326 e. The minimum Gasteiger partial charge on any atom is -0.493 e.